The Labute approximate surface area is 199 Å². The Morgan fingerprint density at radius 2 is 1.73 bits per heavy atom. The number of Topliss-reactive ketones (excluding diaryl/α,β-unsaturated/α-hetero) is 1. The number of amides is 2. The molecule has 1 aliphatic heterocycles. The van der Waals surface area contributed by atoms with E-state index < -0.39 is 0 Å². The van der Waals surface area contributed by atoms with Gasteiger partial charge in [0.1, 0.15) is 0 Å². The molecule has 2 N–H and O–H groups in total. The number of hydrogen-bond acceptors (Lipinski definition) is 6. The van der Waals surface area contributed by atoms with Crippen LogP contribution in [0.3, 0.4) is 0 Å². The summed E-state index contributed by atoms with van der Waals surface area (Å²) in [5.74, 6) is -0.342. The summed E-state index contributed by atoms with van der Waals surface area (Å²) in [6, 6.07) is 0. The van der Waals surface area contributed by atoms with Crippen molar-refractivity contribution in [3.8, 4) is 0 Å². The van der Waals surface area contributed by atoms with Crippen LogP contribution in [-0.4, -0.2) is 53.7 Å². The van der Waals surface area contributed by atoms with Gasteiger partial charge in [-0.2, -0.15) is 0 Å². The molecule has 3 fully saturated rings. The first-order valence-electron chi connectivity index (χ1n) is 12.4. The number of rotatable bonds is 10. The number of likely N-dealkylation sites (tertiary alicyclic amines) is 1. The predicted molar refractivity (Wildman–Crippen MR) is 127 cm³/mol. The topological polar surface area (TPSA) is 91.4 Å². The van der Waals surface area contributed by atoms with Crippen LogP contribution in [0.4, 0.5) is 0 Å². The van der Waals surface area contributed by atoms with Crippen molar-refractivity contribution in [2.75, 3.05) is 26.2 Å². The predicted octanol–water partition coefficient (Wildman–Crippen LogP) is 2.78. The van der Waals surface area contributed by atoms with Crippen molar-refractivity contribution in [1.29, 1.82) is 0 Å². The molecule has 1 aromatic heterocycles. The van der Waals surface area contributed by atoms with E-state index in [0.29, 0.717) is 18.1 Å². The van der Waals surface area contributed by atoms with Gasteiger partial charge in [0.15, 0.2) is 10.8 Å². The molecule has 0 radical (unpaired) electrons. The van der Waals surface area contributed by atoms with Gasteiger partial charge in [0.2, 0.25) is 11.8 Å². The number of nitrogens with zero attached hydrogens (tertiary/aromatic N) is 2. The van der Waals surface area contributed by atoms with Crippen LogP contribution in [0.25, 0.3) is 0 Å². The van der Waals surface area contributed by atoms with Gasteiger partial charge in [0.25, 0.3) is 0 Å². The molecular formula is C25H34N4O3S. The molecule has 1 spiro atoms. The zero-order chi connectivity index (χ0) is 23.0. The zero-order valence-corrected chi connectivity index (χ0v) is 20.2. The lowest BCUT2D eigenvalue weighted by molar-refractivity contribution is -0.135. The van der Waals surface area contributed by atoms with Crippen molar-refractivity contribution >= 4 is 28.9 Å². The Kier molecular flexibility index (Phi) is 6.40. The lowest BCUT2D eigenvalue weighted by Crippen LogP contribution is -2.44. The maximum Gasteiger partial charge on any atom is 0.224 e. The third kappa shape index (κ3) is 4.39. The number of nitrogens with one attached hydrogen (secondary N) is 2. The molecule has 178 valence electrons. The number of carbonyl (C=O) groups excluding carboxylic acids is 3. The fraction of sp³-hybridized carbons (Fsp3) is 0.680. The number of thiazole rings is 1. The number of ketones is 1. The van der Waals surface area contributed by atoms with E-state index in [2.05, 4.69) is 32.7 Å². The first-order chi connectivity index (χ1) is 16.0. The molecule has 2 bridgehead atoms. The molecule has 4 atom stereocenters. The van der Waals surface area contributed by atoms with Crippen LogP contribution in [0.2, 0.25) is 0 Å². The second-order valence-corrected chi connectivity index (χ2v) is 11.3. The van der Waals surface area contributed by atoms with Crippen LogP contribution in [-0.2, 0) is 16.1 Å². The highest BCUT2D eigenvalue weighted by atomic mass is 32.1. The average molecular weight is 471 g/mol. The van der Waals surface area contributed by atoms with Gasteiger partial charge in [-0.1, -0.05) is 12.2 Å². The molecule has 4 aliphatic rings. The number of unbranched alkanes of at least 4 members (excludes halogenated alkanes) is 1. The molecule has 2 amide bonds. The highest BCUT2D eigenvalue weighted by Crippen LogP contribution is 2.72. The first-order valence-corrected chi connectivity index (χ1v) is 13.2. The molecule has 2 saturated carbocycles. The standard InChI is InChI=1S/C25H34N4O3S/c1-16(30)24-28-15-17(33-24)14-27-23(32)21-19-7-6-18(25(19)8-9-25)20(21)22(31)26-10-2-3-11-29-12-4-5-13-29/h6-7,15,18-21H,2-5,8-14H2,1H3,(H,26,31)(H,27,32)/t18-,19+,20-,21-/m1/s1. The van der Waals surface area contributed by atoms with Gasteiger partial charge < -0.3 is 15.5 Å². The van der Waals surface area contributed by atoms with E-state index in [1.807, 2.05) is 0 Å². The molecule has 2 heterocycles. The smallest absolute Gasteiger partial charge is 0.224 e. The van der Waals surface area contributed by atoms with E-state index in [4.69, 9.17) is 0 Å². The van der Waals surface area contributed by atoms with E-state index in [9.17, 15) is 14.4 Å². The van der Waals surface area contributed by atoms with Gasteiger partial charge in [0.05, 0.1) is 18.4 Å². The fourth-order valence-electron chi connectivity index (χ4n) is 6.35. The van der Waals surface area contributed by atoms with Crippen molar-refractivity contribution in [3.05, 3.63) is 28.2 Å². The molecule has 0 unspecified atom stereocenters. The Morgan fingerprint density at radius 3 is 2.33 bits per heavy atom. The minimum absolute atomic E-state index is 0.0381. The Morgan fingerprint density at radius 1 is 1.06 bits per heavy atom. The molecule has 3 aliphatic carbocycles. The van der Waals surface area contributed by atoms with Crippen molar-refractivity contribution in [2.24, 2.45) is 29.1 Å². The molecule has 0 aromatic carbocycles. The molecule has 1 saturated heterocycles. The van der Waals surface area contributed by atoms with E-state index in [1.54, 1.807) is 6.20 Å². The van der Waals surface area contributed by atoms with Crippen molar-refractivity contribution in [3.63, 3.8) is 0 Å². The van der Waals surface area contributed by atoms with E-state index in [1.165, 1.54) is 44.2 Å². The first kappa shape index (κ1) is 22.7. The molecular weight excluding hydrogens is 436 g/mol. The van der Waals surface area contributed by atoms with Crippen molar-refractivity contribution in [2.45, 2.75) is 52.0 Å². The monoisotopic (exact) mass is 470 g/mol. The van der Waals surface area contributed by atoms with Gasteiger partial charge >= 0.3 is 0 Å². The molecule has 5 rings (SSSR count). The Balaban J connectivity index is 1.17. The van der Waals surface area contributed by atoms with Crippen LogP contribution >= 0.6 is 11.3 Å². The maximum atomic E-state index is 13.3. The lowest BCUT2D eigenvalue weighted by Gasteiger charge is -2.26. The molecule has 8 heteroatoms. The quantitative estimate of drug-likeness (QED) is 0.312. The SMILES string of the molecule is CC(=O)c1ncc(CNC(=O)[C@H]2[C@H](C(=O)NCCCCN3CCCC3)[C@H]3C=C[C@@H]2C32CC2)s1. The van der Waals surface area contributed by atoms with Gasteiger partial charge in [0, 0.05) is 24.5 Å². The number of carbonyl (C=O) groups is 3. The molecule has 7 nitrogen and oxygen atoms in total. The average Bonchev–Trinajstić information content (AvgIpc) is 3.16. The van der Waals surface area contributed by atoms with Gasteiger partial charge in [-0.3, -0.25) is 14.4 Å². The fourth-order valence-corrected chi connectivity index (χ4v) is 7.10. The number of allylic oxidation sites excluding steroid dienone is 2. The third-order valence-corrected chi connectivity index (χ3v) is 9.24. The summed E-state index contributed by atoms with van der Waals surface area (Å²) in [6.45, 7) is 6.05. The van der Waals surface area contributed by atoms with Crippen LogP contribution in [0, 0.1) is 29.1 Å². The molecule has 1 aromatic rings. The zero-order valence-electron chi connectivity index (χ0n) is 19.3. The summed E-state index contributed by atoms with van der Waals surface area (Å²) in [7, 11) is 0. The third-order valence-electron chi connectivity index (χ3n) is 8.14. The second kappa shape index (κ2) is 9.29. The summed E-state index contributed by atoms with van der Waals surface area (Å²) in [4.78, 5) is 45.5. The van der Waals surface area contributed by atoms with Crippen LogP contribution < -0.4 is 10.6 Å². The van der Waals surface area contributed by atoms with Crippen molar-refractivity contribution in [1.82, 2.24) is 20.5 Å². The van der Waals surface area contributed by atoms with E-state index >= 15 is 0 Å². The van der Waals surface area contributed by atoms with Gasteiger partial charge in [-0.25, -0.2) is 4.98 Å². The lowest BCUT2D eigenvalue weighted by atomic mass is 9.81. The Hall–Kier alpha value is -2.06. The number of aromatic nitrogens is 1. The Bertz CT molecular complexity index is 947. The van der Waals surface area contributed by atoms with Gasteiger partial charge in [-0.05, 0) is 75.4 Å². The highest BCUT2D eigenvalue weighted by molar-refractivity contribution is 7.13. The number of hydrogen-bond donors (Lipinski definition) is 2. The maximum absolute atomic E-state index is 13.3. The second-order valence-electron chi connectivity index (χ2n) is 10.2. The van der Waals surface area contributed by atoms with Crippen LogP contribution in [0.1, 0.15) is 60.1 Å². The van der Waals surface area contributed by atoms with Crippen LogP contribution in [0.5, 0.6) is 0 Å². The van der Waals surface area contributed by atoms with Gasteiger partial charge in [-0.15, -0.1) is 11.3 Å². The minimum atomic E-state index is -0.313. The molecule has 33 heavy (non-hydrogen) atoms. The minimum Gasteiger partial charge on any atom is -0.356 e. The summed E-state index contributed by atoms with van der Waals surface area (Å²) >= 11 is 1.31. The summed E-state index contributed by atoms with van der Waals surface area (Å²) < 4.78 is 0. The summed E-state index contributed by atoms with van der Waals surface area (Å²) in [5, 5.41) is 6.65. The summed E-state index contributed by atoms with van der Waals surface area (Å²) in [6.07, 6.45) is 12.9. The largest absolute Gasteiger partial charge is 0.356 e. The highest BCUT2D eigenvalue weighted by Gasteiger charge is 2.69. The van der Waals surface area contributed by atoms with Crippen molar-refractivity contribution < 1.29 is 14.4 Å². The summed E-state index contributed by atoms with van der Waals surface area (Å²) in [5.41, 5.74) is 0.131. The normalized spacial score (nSPS) is 29.0. The van der Waals surface area contributed by atoms with Crippen LogP contribution in [0.15, 0.2) is 18.3 Å². The van der Waals surface area contributed by atoms with E-state index in [0.717, 1.165) is 37.1 Å². The van der Waals surface area contributed by atoms with E-state index in [-0.39, 0.29) is 46.7 Å².